The maximum Gasteiger partial charge on any atom is 1.00 e. The van der Waals surface area contributed by atoms with Crippen molar-refractivity contribution in [1.82, 2.24) is 0 Å². The second kappa shape index (κ2) is 37.9. The Hall–Kier alpha value is 2.94. The Kier molecular flexibility index (Phi) is 175. The molecule has 17 N–H and O–H groups in total. The minimum absolute atomic E-state index is 0. The first-order valence-electron chi connectivity index (χ1n) is 1.48. The van der Waals surface area contributed by atoms with E-state index < -0.39 is 15.6 Å². The summed E-state index contributed by atoms with van der Waals surface area (Å²) in [5, 5.41) is 0. The van der Waals surface area contributed by atoms with Crippen molar-refractivity contribution < 1.29 is 165 Å². The van der Waals surface area contributed by atoms with Gasteiger partial charge in [-0.3, -0.25) is 8.88 Å². The van der Waals surface area contributed by atoms with Crippen LogP contribution >= 0.6 is 15.6 Å². The van der Waals surface area contributed by atoms with Gasteiger partial charge in [-0.1, -0.05) is 0 Å². The minimum Gasteiger partial charge on any atom is -0.790 e. The first kappa shape index (κ1) is 92.3. The zero-order chi connectivity index (χ0) is 7.71. The van der Waals surface area contributed by atoms with Crippen LogP contribution in [-0.4, -0.2) is 48.7 Å². The first-order chi connectivity index (χ1) is 3.71. The second-order valence-electron chi connectivity index (χ2n) is 0.997. The predicted molar refractivity (Wildman–Crippen MR) is 47.4 cm³/mol. The fourth-order valence-corrected chi connectivity index (χ4v) is 1.14. The molecule has 0 aromatic rings. The fraction of sp³-hybridized carbons (Fsp3) is 0. The van der Waals surface area contributed by atoms with E-state index in [1.807, 2.05) is 0 Å². The number of phosphoric acid groups is 2. The standard InChI is InChI=1S/3Na.H4O7P2.8H2O/c;;;1-8(2,3)7-9(4,5)6;;;;;;;;/h;;;(H2,1,2,3)(H2,4,5,6);8*1H2/q3*+1;;;;;;;;;/p-3. The molecule has 0 aromatic carbocycles. The van der Waals surface area contributed by atoms with E-state index in [-0.39, 0.29) is 132 Å². The zero-order valence-electron chi connectivity index (χ0n) is 10.8. The van der Waals surface area contributed by atoms with Gasteiger partial charge in [0.25, 0.3) is 7.82 Å². The summed E-state index contributed by atoms with van der Waals surface area (Å²) >= 11 is 0. The van der Waals surface area contributed by atoms with Crippen LogP contribution in [0.3, 0.4) is 0 Å². The molecule has 1 atom stereocenters. The van der Waals surface area contributed by atoms with Gasteiger partial charge in [-0.05, 0) is 0 Å². The average molecular weight is 388 g/mol. The molecule has 0 heterocycles. The van der Waals surface area contributed by atoms with Gasteiger partial charge in [0.05, 0.1) is 7.82 Å². The van der Waals surface area contributed by atoms with E-state index >= 15 is 0 Å². The Bertz CT molecular complexity index is 162. The zero-order valence-corrected chi connectivity index (χ0v) is 18.6. The fourth-order valence-electron chi connectivity index (χ4n) is 0.126. The van der Waals surface area contributed by atoms with E-state index in [0.717, 1.165) is 0 Å². The summed E-state index contributed by atoms with van der Waals surface area (Å²) in [6.07, 6.45) is 0. The molecule has 0 saturated heterocycles. The van der Waals surface area contributed by atoms with Crippen molar-refractivity contribution in [1.29, 1.82) is 0 Å². The van der Waals surface area contributed by atoms with Crippen LogP contribution in [0.2, 0.25) is 0 Å². The Morgan fingerprint density at radius 2 is 0.800 bits per heavy atom. The molecule has 0 aliphatic heterocycles. The Labute approximate surface area is 179 Å². The summed E-state index contributed by atoms with van der Waals surface area (Å²) < 4.78 is 21.4. The molecule has 120 valence electrons. The van der Waals surface area contributed by atoms with Crippen molar-refractivity contribution in [3.63, 3.8) is 0 Å². The van der Waals surface area contributed by atoms with Crippen LogP contribution in [0.15, 0.2) is 0 Å². The predicted octanol–water partition coefficient (Wildman–Crippen LogP) is -18.3. The van der Waals surface area contributed by atoms with Gasteiger partial charge in [0.1, 0.15) is 0 Å². The van der Waals surface area contributed by atoms with Crippen LogP contribution in [0, 0.1) is 0 Å². The van der Waals surface area contributed by atoms with Crippen LogP contribution in [0.1, 0.15) is 0 Å². The maximum atomic E-state index is 9.44. The van der Waals surface area contributed by atoms with Crippen molar-refractivity contribution in [3.05, 3.63) is 0 Å². The van der Waals surface area contributed by atoms with Crippen molar-refractivity contribution in [3.8, 4) is 0 Å². The molecule has 0 fully saturated rings. The van der Waals surface area contributed by atoms with Crippen molar-refractivity contribution in [2.75, 3.05) is 0 Å². The van der Waals surface area contributed by atoms with Crippen LogP contribution in [-0.2, 0) is 13.4 Å². The summed E-state index contributed by atoms with van der Waals surface area (Å²) in [5.41, 5.74) is 0. The largest absolute Gasteiger partial charge is 1.00 e. The van der Waals surface area contributed by atoms with Gasteiger partial charge in [-0.25, -0.2) is 0 Å². The van der Waals surface area contributed by atoms with E-state index in [0.29, 0.717) is 0 Å². The number of hydrogen-bond donors (Lipinski definition) is 1. The van der Waals surface area contributed by atoms with Crippen LogP contribution in [0.25, 0.3) is 0 Å². The average Bonchev–Trinajstić information content (AvgIpc) is 1.14. The molecule has 0 aliphatic carbocycles. The van der Waals surface area contributed by atoms with Crippen LogP contribution in [0.5, 0.6) is 0 Å². The molecule has 0 rings (SSSR count). The molecular weight excluding hydrogens is 371 g/mol. The van der Waals surface area contributed by atoms with Crippen LogP contribution < -0.4 is 103 Å². The molecule has 0 spiro atoms. The number of rotatable bonds is 2. The third-order valence-electron chi connectivity index (χ3n) is 0.203. The number of hydrogen-bond acceptors (Lipinski definition) is 6. The quantitative estimate of drug-likeness (QED) is 0.351. The van der Waals surface area contributed by atoms with E-state index in [4.69, 9.17) is 4.89 Å². The van der Waals surface area contributed by atoms with E-state index in [9.17, 15) is 23.8 Å². The van der Waals surface area contributed by atoms with Gasteiger partial charge in [0.15, 0.2) is 0 Å². The van der Waals surface area contributed by atoms with Gasteiger partial charge in [-0.15, -0.1) is 0 Å². The normalized spacial score (nSPS) is 8.60. The molecule has 0 aromatic heterocycles. The monoisotopic (exact) mass is 388 g/mol. The Balaban J connectivity index is -0.00000000582. The Morgan fingerprint density at radius 3 is 0.800 bits per heavy atom. The van der Waals surface area contributed by atoms with Crippen molar-refractivity contribution in [2.45, 2.75) is 0 Å². The van der Waals surface area contributed by atoms with Crippen LogP contribution in [0.4, 0.5) is 0 Å². The van der Waals surface area contributed by atoms with E-state index in [1.165, 1.54) is 0 Å². The molecule has 1 unspecified atom stereocenters. The molecule has 0 radical (unpaired) electrons. The van der Waals surface area contributed by atoms with Crippen molar-refractivity contribution in [2.24, 2.45) is 0 Å². The molecule has 20 heavy (non-hydrogen) atoms. The molecule has 15 nitrogen and oxygen atoms in total. The Morgan fingerprint density at radius 1 is 0.650 bits per heavy atom. The first-order valence-corrected chi connectivity index (χ1v) is 4.43. The summed E-state index contributed by atoms with van der Waals surface area (Å²) in [4.78, 5) is 35.7. The van der Waals surface area contributed by atoms with Gasteiger partial charge in [0, 0.05) is 0 Å². The van der Waals surface area contributed by atoms with Gasteiger partial charge in [0.2, 0.25) is 0 Å². The van der Waals surface area contributed by atoms with E-state index in [1.54, 1.807) is 0 Å². The molecular formula is H17Na3O15P2. The summed E-state index contributed by atoms with van der Waals surface area (Å²) in [5.74, 6) is 0. The van der Waals surface area contributed by atoms with Gasteiger partial charge >= 0.3 is 88.7 Å². The minimum atomic E-state index is -5.61. The molecule has 20 heteroatoms. The molecule has 0 bridgehead atoms. The molecule has 0 aliphatic rings. The van der Waals surface area contributed by atoms with E-state index in [2.05, 4.69) is 4.31 Å². The topological polar surface area (TPSA) is 385 Å². The molecule has 0 amide bonds. The summed E-state index contributed by atoms with van der Waals surface area (Å²) in [6, 6.07) is 0. The summed E-state index contributed by atoms with van der Waals surface area (Å²) in [6.45, 7) is 0. The third kappa shape index (κ3) is 104. The SMILES string of the molecule is O.O.O.O.O.O.O.O.O=P([O-])([O-])OP(=O)([O-])O.[Na+].[Na+].[Na+]. The van der Waals surface area contributed by atoms with Gasteiger partial charge in [-0.2, -0.15) is 0 Å². The smallest absolute Gasteiger partial charge is 0.790 e. The molecule has 0 saturated carbocycles. The summed E-state index contributed by atoms with van der Waals surface area (Å²) in [7, 11) is -11.0. The van der Waals surface area contributed by atoms with Crippen molar-refractivity contribution >= 4 is 15.6 Å². The van der Waals surface area contributed by atoms with Gasteiger partial charge < -0.3 is 67.9 Å². The maximum absolute atomic E-state index is 9.44. The third-order valence-corrected chi connectivity index (χ3v) is 1.83. The second-order valence-corrected chi connectivity index (χ2v) is 3.48.